The van der Waals surface area contributed by atoms with E-state index in [1.807, 2.05) is 34.6 Å². The molecule has 0 aromatic heterocycles. The number of nitrogens with one attached hydrogen (secondary N) is 2. The summed E-state index contributed by atoms with van der Waals surface area (Å²) in [6.07, 6.45) is 10.9. The predicted octanol–water partition coefficient (Wildman–Crippen LogP) is 9.22. The van der Waals surface area contributed by atoms with Crippen LogP contribution in [0.15, 0.2) is 84.8 Å². The molecule has 0 bridgehead atoms. The van der Waals surface area contributed by atoms with Gasteiger partial charge < -0.3 is 15.5 Å². The van der Waals surface area contributed by atoms with Crippen LogP contribution >= 0.6 is 11.6 Å². The Balaban J connectivity index is 0.000000674. The van der Waals surface area contributed by atoms with Gasteiger partial charge in [0.15, 0.2) is 0 Å². The zero-order chi connectivity index (χ0) is 29.3. The van der Waals surface area contributed by atoms with E-state index >= 15 is 0 Å². The number of nitrogens with zero attached hydrogens (tertiary/aromatic N) is 1. The average Bonchev–Trinajstić information content (AvgIpc) is 3.31. The molecule has 3 aliphatic rings. The van der Waals surface area contributed by atoms with E-state index in [0.717, 1.165) is 36.9 Å². The number of piperazine rings is 1. The third-order valence-electron chi connectivity index (χ3n) is 6.80. The van der Waals surface area contributed by atoms with Crippen molar-refractivity contribution in [2.45, 2.75) is 80.2 Å². The van der Waals surface area contributed by atoms with Crippen molar-refractivity contribution >= 4 is 17.3 Å². The van der Waals surface area contributed by atoms with Gasteiger partial charge in [-0.1, -0.05) is 95.9 Å². The lowest BCUT2D eigenvalue weighted by atomic mass is 9.87. The predicted molar refractivity (Wildman–Crippen MR) is 174 cm³/mol. The van der Waals surface area contributed by atoms with Gasteiger partial charge in [0, 0.05) is 61.0 Å². The van der Waals surface area contributed by atoms with Gasteiger partial charge in [-0.3, -0.25) is 0 Å². The first-order valence-electron chi connectivity index (χ1n) is 14.4. The topological polar surface area (TPSA) is 27.3 Å². The van der Waals surface area contributed by atoms with Gasteiger partial charge in [-0.05, 0) is 57.2 Å². The molecule has 2 aliphatic carbocycles. The minimum absolute atomic E-state index is 0.276. The van der Waals surface area contributed by atoms with E-state index in [-0.39, 0.29) is 5.92 Å². The summed E-state index contributed by atoms with van der Waals surface area (Å²) in [5.74, 6) is 1.71. The van der Waals surface area contributed by atoms with Crippen LogP contribution in [0, 0.1) is 11.8 Å². The first-order valence-corrected chi connectivity index (χ1v) is 15.1. The van der Waals surface area contributed by atoms with Crippen LogP contribution in [-0.4, -0.2) is 32.1 Å². The minimum Gasteiger partial charge on any atom is -0.369 e. The Bertz CT molecular complexity index is 897. The second kappa shape index (κ2) is 19.8. The summed E-state index contributed by atoms with van der Waals surface area (Å²) in [4.78, 5) is 2.44. The molecule has 1 aromatic carbocycles. The van der Waals surface area contributed by atoms with Crippen LogP contribution in [0.3, 0.4) is 0 Å². The molecule has 1 aromatic rings. The number of rotatable bonds is 5. The Morgan fingerprint density at radius 3 is 2.26 bits per heavy atom. The van der Waals surface area contributed by atoms with Crippen LogP contribution in [0.1, 0.15) is 79.7 Å². The third-order valence-corrected chi connectivity index (χ3v) is 6.80. The van der Waals surface area contributed by atoms with Gasteiger partial charge in [0.05, 0.1) is 0 Å². The van der Waals surface area contributed by atoms with Gasteiger partial charge in [0.25, 0.3) is 0 Å². The van der Waals surface area contributed by atoms with Crippen LogP contribution in [-0.2, 0) is 0 Å². The van der Waals surface area contributed by atoms with E-state index in [1.54, 1.807) is 0 Å². The van der Waals surface area contributed by atoms with Crippen molar-refractivity contribution in [2.24, 2.45) is 11.8 Å². The highest BCUT2D eigenvalue weighted by Gasteiger charge is 2.28. The van der Waals surface area contributed by atoms with Gasteiger partial charge in [0.1, 0.15) is 0 Å². The number of benzene rings is 1. The van der Waals surface area contributed by atoms with Crippen molar-refractivity contribution in [3.8, 4) is 0 Å². The van der Waals surface area contributed by atoms with E-state index in [9.17, 15) is 0 Å². The normalized spacial score (nSPS) is 21.7. The molecule has 4 unspecified atom stereocenters. The molecule has 1 saturated carbocycles. The van der Waals surface area contributed by atoms with Crippen LogP contribution < -0.4 is 15.5 Å². The molecular weight excluding hydrogens is 486 g/mol. The summed E-state index contributed by atoms with van der Waals surface area (Å²) < 4.78 is 0. The Morgan fingerprint density at radius 1 is 1.11 bits per heavy atom. The standard InChI is InChI=1S/C18H27N3.C11H14.2C2H6.CH3Cl/c1-13(2)20-16(5)15(4)17-6-8-18(9-7-17)21-11-10-19-14(3)12-21;1-8-3-5-10-6-4-9(2)11(10)7-8;3*1-2/h6-9,14-15,19-20H,1,5,10-12H2,2-4H3;3,5,7,10-11H,2,4,6H2,1H3;2*1-2H3;1H3. The van der Waals surface area contributed by atoms with Crippen molar-refractivity contribution in [3.63, 3.8) is 0 Å². The molecule has 2 fully saturated rings. The van der Waals surface area contributed by atoms with Gasteiger partial charge in [-0.25, -0.2) is 0 Å². The Hall–Kier alpha value is -2.23. The Morgan fingerprint density at radius 2 is 1.71 bits per heavy atom. The molecule has 1 saturated heterocycles. The number of allylic oxidation sites excluding steroid dienone is 7. The summed E-state index contributed by atoms with van der Waals surface area (Å²) >= 11 is 4.64. The lowest BCUT2D eigenvalue weighted by Gasteiger charge is -2.33. The molecule has 0 amide bonds. The van der Waals surface area contributed by atoms with Gasteiger partial charge in [-0.15, -0.1) is 11.6 Å². The molecule has 4 heteroatoms. The zero-order valence-corrected chi connectivity index (χ0v) is 26.6. The van der Waals surface area contributed by atoms with Gasteiger partial charge in [0.2, 0.25) is 0 Å². The van der Waals surface area contributed by atoms with Crippen LogP contribution in [0.2, 0.25) is 0 Å². The Labute approximate surface area is 240 Å². The van der Waals surface area contributed by atoms with Crippen molar-refractivity contribution in [1.29, 1.82) is 0 Å². The zero-order valence-electron chi connectivity index (χ0n) is 25.8. The van der Waals surface area contributed by atoms with E-state index in [4.69, 9.17) is 0 Å². The molecule has 1 aliphatic heterocycles. The van der Waals surface area contributed by atoms with E-state index < -0.39 is 0 Å². The first kappa shape index (κ1) is 35.8. The summed E-state index contributed by atoms with van der Waals surface area (Å²) in [6, 6.07) is 9.41. The van der Waals surface area contributed by atoms with Crippen LogP contribution in [0.5, 0.6) is 0 Å². The number of alkyl halides is 1. The molecule has 0 radical (unpaired) electrons. The molecule has 38 heavy (non-hydrogen) atoms. The number of hydrogen-bond acceptors (Lipinski definition) is 3. The molecular formula is C34H56ClN3. The van der Waals surface area contributed by atoms with Crippen molar-refractivity contribution in [1.82, 2.24) is 10.6 Å². The largest absolute Gasteiger partial charge is 0.369 e. The summed E-state index contributed by atoms with van der Waals surface area (Å²) in [6.45, 7) is 31.8. The van der Waals surface area contributed by atoms with Crippen molar-refractivity contribution in [2.75, 3.05) is 30.9 Å². The lowest BCUT2D eigenvalue weighted by molar-refractivity contribution is 0.485. The van der Waals surface area contributed by atoms with Crippen molar-refractivity contribution in [3.05, 3.63) is 90.3 Å². The monoisotopic (exact) mass is 541 g/mol. The van der Waals surface area contributed by atoms with Gasteiger partial charge >= 0.3 is 0 Å². The fraction of sp³-hybridized carbons (Fsp3) is 0.529. The second-order valence-corrected chi connectivity index (χ2v) is 9.70. The number of halogens is 1. The van der Waals surface area contributed by atoms with Crippen LogP contribution in [0.25, 0.3) is 0 Å². The molecule has 214 valence electrons. The summed E-state index contributed by atoms with van der Waals surface area (Å²) in [7, 11) is 0. The van der Waals surface area contributed by atoms with E-state index in [2.05, 4.69) is 110 Å². The highest BCUT2D eigenvalue weighted by Crippen LogP contribution is 2.40. The molecule has 2 N–H and O–H groups in total. The maximum atomic E-state index is 4.64. The molecule has 1 heterocycles. The summed E-state index contributed by atoms with van der Waals surface area (Å²) in [5, 5.41) is 6.69. The smallest absolute Gasteiger partial charge is 0.0367 e. The van der Waals surface area contributed by atoms with Gasteiger partial charge in [-0.2, -0.15) is 0 Å². The number of fused-ring (bicyclic) bond motifs is 1. The average molecular weight is 542 g/mol. The maximum absolute atomic E-state index is 4.64. The van der Waals surface area contributed by atoms with Crippen LogP contribution in [0.4, 0.5) is 5.69 Å². The SMILES string of the molecule is C=C(C)NC(=C)C(C)c1ccc(N2CCNC(C)C2)cc1.C=C1CCC2C=CC(C)=CC12.CC.CC.CCl. The maximum Gasteiger partial charge on any atom is 0.0367 e. The lowest BCUT2D eigenvalue weighted by Crippen LogP contribution is -2.49. The molecule has 4 atom stereocenters. The fourth-order valence-electron chi connectivity index (χ4n) is 4.80. The highest BCUT2D eigenvalue weighted by atomic mass is 35.5. The number of anilines is 1. The number of hydrogen-bond donors (Lipinski definition) is 2. The van der Waals surface area contributed by atoms with Crippen molar-refractivity contribution < 1.29 is 0 Å². The fourth-order valence-corrected chi connectivity index (χ4v) is 4.80. The molecule has 4 rings (SSSR count). The molecule has 0 spiro atoms. The first-order chi connectivity index (χ1) is 18.2. The van der Waals surface area contributed by atoms with E-state index in [0.29, 0.717) is 12.0 Å². The quantitative estimate of drug-likeness (QED) is 0.287. The minimum atomic E-state index is 0.276. The Kier molecular flexibility index (Phi) is 18.6. The highest BCUT2D eigenvalue weighted by molar-refractivity contribution is 6.15. The third kappa shape index (κ3) is 11.7. The van der Waals surface area contributed by atoms with E-state index in [1.165, 1.54) is 41.6 Å². The second-order valence-electron chi connectivity index (χ2n) is 9.70. The molecule has 3 nitrogen and oxygen atoms in total. The summed E-state index contributed by atoms with van der Waals surface area (Å²) in [5.41, 5.74) is 7.33.